The summed E-state index contributed by atoms with van der Waals surface area (Å²) in [5, 5.41) is 9.59. The van der Waals surface area contributed by atoms with Crippen LogP contribution in [0.2, 0.25) is 0 Å². The minimum atomic E-state index is -0.0365. The lowest BCUT2D eigenvalue weighted by Gasteiger charge is -2.12. The molecular weight excluding hydrogens is 288 g/mol. The second kappa shape index (κ2) is 6.46. The molecule has 0 bridgehead atoms. The van der Waals surface area contributed by atoms with E-state index in [9.17, 15) is 14.7 Å². The van der Waals surface area contributed by atoms with Crippen molar-refractivity contribution in [1.29, 1.82) is 0 Å². The van der Waals surface area contributed by atoms with Gasteiger partial charge in [0.15, 0.2) is 5.78 Å². The SMILES string of the molecule is CC(=O)CCC1C(CC(C)C(=O)c2ccc(O)c(C)c2)C1(C)C. The van der Waals surface area contributed by atoms with Crippen molar-refractivity contribution in [2.24, 2.45) is 23.2 Å². The van der Waals surface area contributed by atoms with Crippen LogP contribution < -0.4 is 0 Å². The monoisotopic (exact) mass is 316 g/mol. The molecule has 1 aliphatic carbocycles. The molecule has 0 aromatic heterocycles. The van der Waals surface area contributed by atoms with E-state index in [0.717, 1.165) is 18.4 Å². The van der Waals surface area contributed by atoms with Gasteiger partial charge in [-0.3, -0.25) is 4.79 Å². The van der Waals surface area contributed by atoms with Crippen LogP contribution in [-0.2, 0) is 4.79 Å². The van der Waals surface area contributed by atoms with Crippen molar-refractivity contribution in [2.75, 3.05) is 0 Å². The Balaban J connectivity index is 1.98. The lowest BCUT2D eigenvalue weighted by molar-refractivity contribution is -0.117. The number of carbonyl (C=O) groups excluding carboxylic acids is 2. The predicted molar refractivity (Wildman–Crippen MR) is 91.6 cm³/mol. The first-order valence-corrected chi connectivity index (χ1v) is 8.47. The molecule has 0 saturated heterocycles. The molecule has 1 fully saturated rings. The summed E-state index contributed by atoms with van der Waals surface area (Å²) in [4.78, 5) is 23.8. The fraction of sp³-hybridized carbons (Fsp3) is 0.600. The molecule has 0 amide bonds. The van der Waals surface area contributed by atoms with Crippen LogP contribution in [0, 0.1) is 30.1 Å². The Labute approximate surface area is 139 Å². The Morgan fingerprint density at radius 2 is 1.91 bits per heavy atom. The minimum Gasteiger partial charge on any atom is -0.508 e. The zero-order chi connectivity index (χ0) is 17.4. The summed E-state index contributed by atoms with van der Waals surface area (Å²) in [6.45, 7) is 9.91. The third-order valence-corrected chi connectivity index (χ3v) is 5.63. The Kier molecular flexibility index (Phi) is 4.98. The standard InChI is InChI=1S/C20H28O3/c1-12-10-15(7-9-18(12)22)19(23)13(2)11-17-16(20(17,4)5)8-6-14(3)21/h7,9-10,13,16-17,22H,6,8,11H2,1-5H3. The summed E-state index contributed by atoms with van der Waals surface area (Å²) in [5.74, 6) is 1.63. The van der Waals surface area contributed by atoms with Gasteiger partial charge in [0.25, 0.3) is 0 Å². The topological polar surface area (TPSA) is 54.4 Å². The van der Waals surface area contributed by atoms with Crippen molar-refractivity contribution in [3.63, 3.8) is 0 Å². The zero-order valence-electron chi connectivity index (χ0n) is 14.8. The van der Waals surface area contributed by atoms with Gasteiger partial charge < -0.3 is 9.90 Å². The van der Waals surface area contributed by atoms with Gasteiger partial charge in [-0.25, -0.2) is 0 Å². The summed E-state index contributed by atoms with van der Waals surface area (Å²) < 4.78 is 0. The van der Waals surface area contributed by atoms with Gasteiger partial charge in [-0.15, -0.1) is 0 Å². The number of carbonyl (C=O) groups is 2. The Morgan fingerprint density at radius 1 is 1.26 bits per heavy atom. The molecule has 0 radical (unpaired) electrons. The number of Topliss-reactive ketones (excluding diaryl/α,β-unsaturated/α-hetero) is 2. The zero-order valence-corrected chi connectivity index (χ0v) is 14.8. The van der Waals surface area contributed by atoms with E-state index in [-0.39, 0.29) is 28.6 Å². The first kappa shape index (κ1) is 17.7. The largest absolute Gasteiger partial charge is 0.508 e. The van der Waals surface area contributed by atoms with Crippen LogP contribution in [0.5, 0.6) is 5.75 Å². The molecule has 3 atom stereocenters. The molecule has 3 heteroatoms. The molecule has 1 saturated carbocycles. The number of aryl methyl sites for hydroxylation is 1. The van der Waals surface area contributed by atoms with Gasteiger partial charge in [-0.1, -0.05) is 20.8 Å². The molecule has 0 spiro atoms. The number of hydrogen-bond acceptors (Lipinski definition) is 3. The van der Waals surface area contributed by atoms with Crippen molar-refractivity contribution in [3.8, 4) is 5.75 Å². The maximum absolute atomic E-state index is 12.6. The van der Waals surface area contributed by atoms with Crippen LogP contribution in [0.4, 0.5) is 0 Å². The van der Waals surface area contributed by atoms with Crippen LogP contribution in [0.25, 0.3) is 0 Å². The number of ketones is 2. The van der Waals surface area contributed by atoms with Crippen LogP contribution in [0.15, 0.2) is 18.2 Å². The van der Waals surface area contributed by atoms with Crippen molar-refractivity contribution < 1.29 is 14.7 Å². The fourth-order valence-electron chi connectivity index (χ4n) is 3.84. The van der Waals surface area contributed by atoms with E-state index in [2.05, 4.69) is 13.8 Å². The second-order valence-corrected chi connectivity index (χ2v) is 7.78. The number of benzene rings is 1. The highest BCUT2D eigenvalue weighted by atomic mass is 16.3. The number of phenolic OH excluding ortho intramolecular Hbond substituents is 1. The molecule has 2 rings (SSSR count). The first-order chi connectivity index (χ1) is 10.6. The second-order valence-electron chi connectivity index (χ2n) is 7.78. The van der Waals surface area contributed by atoms with Gasteiger partial charge in [0.1, 0.15) is 11.5 Å². The Bertz CT molecular complexity index is 615. The quantitative estimate of drug-likeness (QED) is 0.751. The van der Waals surface area contributed by atoms with Crippen LogP contribution in [0.1, 0.15) is 62.9 Å². The van der Waals surface area contributed by atoms with Gasteiger partial charge in [-0.2, -0.15) is 0 Å². The number of phenols is 1. The highest BCUT2D eigenvalue weighted by molar-refractivity contribution is 5.98. The predicted octanol–water partition coefficient (Wildman–Crippen LogP) is 4.55. The summed E-state index contributed by atoms with van der Waals surface area (Å²) >= 11 is 0. The lowest BCUT2D eigenvalue weighted by atomic mass is 9.91. The Morgan fingerprint density at radius 3 is 2.48 bits per heavy atom. The van der Waals surface area contributed by atoms with Gasteiger partial charge in [0, 0.05) is 17.9 Å². The maximum Gasteiger partial charge on any atom is 0.165 e. The van der Waals surface area contributed by atoms with Crippen molar-refractivity contribution >= 4 is 11.6 Å². The van der Waals surface area contributed by atoms with Crippen LogP contribution in [0.3, 0.4) is 0 Å². The van der Waals surface area contributed by atoms with E-state index in [1.165, 1.54) is 0 Å². The molecule has 1 aromatic rings. The molecule has 1 N–H and O–H groups in total. The minimum absolute atomic E-state index is 0.0365. The van der Waals surface area contributed by atoms with Crippen LogP contribution in [-0.4, -0.2) is 16.7 Å². The van der Waals surface area contributed by atoms with E-state index in [0.29, 0.717) is 23.8 Å². The van der Waals surface area contributed by atoms with E-state index < -0.39 is 0 Å². The van der Waals surface area contributed by atoms with Gasteiger partial charge in [0.2, 0.25) is 0 Å². The molecule has 3 unspecified atom stereocenters. The van der Waals surface area contributed by atoms with Crippen molar-refractivity contribution in [2.45, 2.75) is 53.9 Å². The molecular formula is C20H28O3. The molecule has 3 nitrogen and oxygen atoms in total. The van der Waals surface area contributed by atoms with Crippen LogP contribution >= 0.6 is 0 Å². The molecule has 23 heavy (non-hydrogen) atoms. The normalized spacial score (nSPS) is 23.3. The fourth-order valence-corrected chi connectivity index (χ4v) is 3.84. The molecule has 126 valence electrons. The lowest BCUT2D eigenvalue weighted by Crippen LogP contribution is -2.13. The van der Waals surface area contributed by atoms with Gasteiger partial charge >= 0.3 is 0 Å². The number of rotatable bonds is 7. The summed E-state index contributed by atoms with van der Waals surface area (Å²) in [5.41, 5.74) is 1.63. The smallest absolute Gasteiger partial charge is 0.165 e. The van der Waals surface area contributed by atoms with E-state index in [4.69, 9.17) is 0 Å². The maximum atomic E-state index is 12.6. The third kappa shape index (κ3) is 3.82. The average Bonchev–Trinajstić information content (AvgIpc) is 2.98. The summed E-state index contributed by atoms with van der Waals surface area (Å²) in [7, 11) is 0. The van der Waals surface area contributed by atoms with Crippen molar-refractivity contribution in [3.05, 3.63) is 29.3 Å². The highest BCUT2D eigenvalue weighted by Gasteiger charge is 2.56. The number of hydrogen-bond donors (Lipinski definition) is 1. The van der Waals surface area contributed by atoms with E-state index in [1.54, 1.807) is 32.0 Å². The van der Waals surface area contributed by atoms with Crippen molar-refractivity contribution in [1.82, 2.24) is 0 Å². The summed E-state index contributed by atoms with van der Waals surface area (Å²) in [6, 6.07) is 5.05. The van der Waals surface area contributed by atoms with Gasteiger partial charge in [-0.05, 0) is 67.7 Å². The highest BCUT2D eigenvalue weighted by Crippen LogP contribution is 2.62. The average molecular weight is 316 g/mol. The Hall–Kier alpha value is -1.64. The van der Waals surface area contributed by atoms with E-state index in [1.807, 2.05) is 6.92 Å². The first-order valence-electron chi connectivity index (χ1n) is 8.47. The van der Waals surface area contributed by atoms with E-state index >= 15 is 0 Å². The molecule has 1 aliphatic rings. The van der Waals surface area contributed by atoms with Gasteiger partial charge in [0.05, 0.1) is 0 Å². The number of aromatic hydroxyl groups is 1. The molecule has 1 aromatic carbocycles. The molecule has 0 heterocycles. The summed E-state index contributed by atoms with van der Waals surface area (Å²) in [6.07, 6.45) is 2.45. The molecule has 0 aliphatic heterocycles. The third-order valence-electron chi connectivity index (χ3n) is 5.63.